The molecule has 0 saturated carbocycles. The number of ether oxygens (including phenoxy) is 1. The summed E-state index contributed by atoms with van der Waals surface area (Å²) in [4.78, 5) is 24.7. The van der Waals surface area contributed by atoms with Crippen molar-refractivity contribution in [1.82, 2.24) is 10.2 Å². The molecule has 0 aromatic heterocycles. The molecule has 7 nitrogen and oxygen atoms in total. The highest BCUT2D eigenvalue weighted by molar-refractivity contribution is 6.13. The summed E-state index contributed by atoms with van der Waals surface area (Å²) in [6, 6.07) is 0. The van der Waals surface area contributed by atoms with Gasteiger partial charge in [-0.3, -0.25) is 0 Å². The normalized spacial score (nSPS) is 19.9. The molecule has 3 N–H and O–H groups in total. The molecule has 1 aliphatic heterocycles. The lowest BCUT2D eigenvalue weighted by molar-refractivity contribution is -0.132. The van der Waals surface area contributed by atoms with E-state index in [1.165, 1.54) is 12.2 Å². The van der Waals surface area contributed by atoms with Crippen molar-refractivity contribution in [2.75, 3.05) is 19.6 Å². The van der Waals surface area contributed by atoms with Crippen molar-refractivity contribution in [3.05, 3.63) is 35.1 Å². The fourth-order valence-corrected chi connectivity index (χ4v) is 2.65. The fourth-order valence-electron chi connectivity index (χ4n) is 2.65. The smallest absolute Gasteiger partial charge is 0.410 e. The second kappa shape index (κ2) is 7.13. The summed E-state index contributed by atoms with van der Waals surface area (Å²) in [6.45, 7) is 9.10. The van der Waals surface area contributed by atoms with Crippen LogP contribution in [0.25, 0.3) is 0 Å². The molecule has 25 heavy (non-hydrogen) atoms. The summed E-state index contributed by atoms with van der Waals surface area (Å²) in [5, 5.41) is 20.2. The van der Waals surface area contributed by atoms with E-state index >= 15 is 0 Å². The molecular weight excluding hydrogens is 322 g/mol. The largest absolute Gasteiger partial charge is 0.478 e. The van der Waals surface area contributed by atoms with Crippen LogP contribution in [0.1, 0.15) is 27.7 Å². The predicted octanol–water partition coefficient (Wildman–Crippen LogP) is 2.32. The molecule has 1 saturated heterocycles. The van der Waals surface area contributed by atoms with Gasteiger partial charge >= 0.3 is 12.1 Å². The average Bonchev–Trinajstić information content (AvgIpc) is 2.41. The molecule has 2 aliphatic rings. The Kier molecular flexibility index (Phi) is 5.35. The van der Waals surface area contributed by atoms with Crippen LogP contribution in [-0.4, -0.2) is 53.0 Å². The SMILES string of the molecule is CC1=C(C(=O)O)C=CC(=N)/C1=C\NCC1CN(C(=O)OC(C)(C)C)C1. The molecule has 2 rings (SSSR count). The van der Waals surface area contributed by atoms with Crippen LogP contribution in [0.3, 0.4) is 0 Å². The van der Waals surface area contributed by atoms with E-state index in [9.17, 15) is 9.59 Å². The van der Waals surface area contributed by atoms with Crippen molar-refractivity contribution < 1.29 is 19.4 Å². The number of carboxylic acids is 1. The molecule has 136 valence electrons. The maximum Gasteiger partial charge on any atom is 0.410 e. The molecular formula is C18H25N3O4. The van der Waals surface area contributed by atoms with E-state index in [-0.39, 0.29) is 17.4 Å². The van der Waals surface area contributed by atoms with Crippen molar-refractivity contribution in [2.24, 2.45) is 5.92 Å². The Hall–Kier alpha value is -2.57. The van der Waals surface area contributed by atoms with Gasteiger partial charge < -0.3 is 25.5 Å². The molecule has 1 heterocycles. The summed E-state index contributed by atoms with van der Waals surface area (Å²) >= 11 is 0. The van der Waals surface area contributed by atoms with E-state index in [1.807, 2.05) is 20.8 Å². The van der Waals surface area contributed by atoms with E-state index in [1.54, 1.807) is 18.0 Å². The summed E-state index contributed by atoms with van der Waals surface area (Å²) < 4.78 is 5.31. The summed E-state index contributed by atoms with van der Waals surface area (Å²) in [5.41, 5.74) is 1.12. The number of aliphatic carboxylic acids is 1. The fraction of sp³-hybridized carbons (Fsp3) is 0.500. The van der Waals surface area contributed by atoms with E-state index in [0.29, 0.717) is 36.7 Å². The quantitative estimate of drug-likeness (QED) is 0.724. The second-order valence-electron chi connectivity index (χ2n) is 7.31. The number of allylic oxidation sites excluding steroid dienone is 3. The minimum absolute atomic E-state index is 0.198. The first-order chi connectivity index (χ1) is 11.6. The standard InChI is InChI=1S/C18H25N3O4/c1-11-13(16(22)23)5-6-15(19)14(11)8-20-7-12-9-21(10-12)17(24)25-18(2,3)4/h5-6,8,12,19-20H,7,9-10H2,1-4H3,(H,22,23)/b14-8-,19-15?. The zero-order chi connectivity index (χ0) is 18.8. The zero-order valence-electron chi connectivity index (χ0n) is 15.0. The minimum atomic E-state index is -1.00. The van der Waals surface area contributed by atoms with Crippen molar-refractivity contribution >= 4 is 17.8 Å². The number of likely N-dealkylation sites (tertiary alicyclic amines) is 1. The van der Waals surface area contributed by atoms with Crippen LogP contribution in [0.4, 0.5) is 4.79 Å². The van der Waals surface area contributed by atoms with Crippen LogP contribution in [-0.2, 0) is 9.53 Å². The molecule has 0 bridgehead atoms. The third-order valence-corrected chi connectivity index (χ3v) is 4.01. The molecule has 7 heteroatoms. The molecule has 0 unspecified atom stereocenters. The van der Waals surface area contributed by atoms with Crippen molar-refractivity contribution in [1.29, 1.82) is 5.41 Å². The van der Waals surface area contributed by atoms with Gasteiger partial charge in [0, 0.05) is 37.3 Å². The number of nitrogens with one attached hydrogen (secondary N) is 2. The molecule has 0 aromatic carbocycles. The van der Waals surface area contributed by atoms with Gasteiger partial charge in [-0.2, -0.15) is 0 Å². The topological polar surface area (TPSA) is 103 Å². The lowest BCUT2D eigenvalue weighted by Gasteiger charge is -2.39. The van der Waals surface area contributed by atoms with Crippen molar-refractivity contribution in [3.63, 3.8) is 0 Å². The number of hydrogen-bond donors (Lipinski definition) is 3. The monoisotopic (exact) mass is 347 g/mol. The first-order valence-electron chi connectivity index (χ1n) is 8.21. The molecule has 0 aromatic rings. The Morgan fingerprint density at radius 3 is 2.60 bits per heavy atom. The number of nitrogens with zero attached hydrogens (tertiary/aromatic N) is 1. The summed E-state index contributed by atoms with van der Waals surface area (Å²) in [5.74, 6) is -0.694. The van der Waals surface area contributed by atoms with Crippen LogP contribution in [0.15, 0.2) is 35.1 Å². The molecule has 1 fully saturated rings. The lowest BCUT2D eigenvalue weighted by atomic mass is 9.92. The minimum Gasteiger partial charge on any atom is -0.478 e. The van der Waals surface area contributed by atoms with Crippen molar-refractivity contribution in [2.45, 2.75) is 33.3 Å². The Morgan fingerprint density at radius 1 is 1.40 bits per heavy atom. The van der Waals surface area contributed by atoms with E-state index in [0.717, 1.165) is 0 Å². The highest BCUT2D eigenvalue weighted by Gasteiger charge is 2.33. The van der Waals surface area contributed by atoms with Gasteiger partial charge in [-0.25, -0.2) is 9.59 Å². The Balaban J connectivity index is 1.85. The number of carboxylic acid groups (broad SMARTS) is 1. The first-order valence-corrected chi connectivity index (χ1v) is 8.21. The first kappa shape index (κ1) is 18.8. The van der Waals surface area contributed by atoms with Crippen LogP contribution < -0.4 is 5.32 Å². The Labute approximate surface area is 147 Å². The van der Waals surface area contributed by atoms with Gasteiger partial charge in [-0.1, -0.05) is 0 Å². The maximum absolute atomic E-state index is 11.9. The summed E-state index contributed by atoms with van der Waals surface area (Å²) in [6.07, 6.45) is 4.31. The van der Waals surface area contributed by atoms with E-state index in [4.69, 9.17) is 15.3 Å². The van der Waals surface area contributed by atoms with Crippen LogP contribution >= 0.6 is 0 Å². The van der Waals surface area contributed by atoms with Gasteiger partial charge in [0.2, 0.25) is 0 Å². The van der Waals surface area contributed by atoms with Crippen LogP contribution in [0.2, 0.25) is 0 Å². The number of carbonyl (C=O) groups is 2. The van der Waals surface area contributed by atoms with Gasteiger partial charge in [0.15, 0.2) is 0 Å². The zero-order valence-corrected chi connectivity index (χ0v) is 15.0. The van der Waals surface area contributed by atoms with E-state index in [2.05, 4.69) is 5.32 Å². The molecule has 0 radical (unpaired) electrons. The van der Waals surface area contributed by atoms with Gasteiger partial charge in [-0.15, -0.1) is 0 Å². The lowest BCUT2D eigenvalue weighted by Crippen LogP contribution is -2.54. The van der Waals surface area contributed by atoms with Gasteiger partial charge in [0.25, 0.3) is 0 Å². The van der Waals surface area contributed by atoms with Gasteiger partial charge in [-0.05, 0) is 45.4 Å². The number of amides is 1. The summed E-state index contributed by atoms with van der Waals surface area (Å²) in [7, 11) is 0. The number of carbonyl (C=O) groups excluding carboxylic acids is 1. The highest BCUT2D eigenvalue weighted by Crippen LogP contribution is 2.22. The molecule has 1 amide bonds. The molecule has 0 spiro atoms. The molecule has 1 aliphatic carbocycles. The highest BCUT2D eigenvalue weighted by atomic mass is 16.6. The third kappa shape index (κ3) is 4.71. The number of hydrogen-bond acceptors (Lipinski definition) is 5. The molecule has 0 atom stereocenters. The van der Waals surface area contributed by atoms with Gasteiger partial charge in [0.1, 0.15) is 5.60 Å². The van der Waals surface area contributed by atoms with Crippen LogP contribution in [0, 0.1) is 11.3 Å². The average molecular weight is 347 g/mol. The van der Waals surface area contributed by atoms with Gasteiger partial charge in [0.05, 0.1) is 11.3 Å². The van der Waals surface area contributed by atoms with E-state index < -0.39 is 11.6 Å². The third-order valence-electron chi connectivity index (χ3n) is 4.01. The second-order valence-corrected chi connectivity index (χ2v) is 7.31. The Morgan fingerprint density at radius 2 is 2.04 bits per heavy atom. The number of rotatable bonds is 4. The maximum atomic E-state index is 11.9. The Bertz CT molecular complexity index is 677. The predicted molar refractivity (Wildman–Crippen MR) is 94.6 cm³/mol. The van der Waals surface area contributed by atoms with Crippen LogP contribution in [0.5, 0.6) is 0 Å². The van der Waals surface area contributed by atoms with Crippen molar-refractivity contribution in [3.8, 4) is 0 Å².